The van der Waals surface area contributed by atoms with Crippen molar-refractivity contribution in [2.24, 2.45) is 5.92 Å². The zero-order valence-corrected chi connectivity index (χ0v) is 12.6. The van der Waals surface area contributed by atoms with Gasteiger partial charge in [0, 0.05) is 19.2 Å². The molecule has 1 unspecified atom stereocenters. The topological polar surface area (TPSA) is 40.5 Å². The minimum atomic E-state index is -0.0444. The summed E-state index contributed by atoms with van der Waals surface area (Å²) in [4.78, 5) is 13.8. The first kappa shape index (κ1) is 14.3. The molecule has 17 heavy (non-hydrogen) atoms. The number of amides is 1. The molecule has 1 atom stereocenters. The maximum absolute atomic E-state index is 12.1. The largest absolute Gasteiger partial charge is 0.507 e. The van der Waals surface area contributed by atoms with Crippen LogP contribution in [0, 0.1) is 9.49 Å². The fraction of sp³-hybridized carbons (Fsp3) is 0.462. The van der Waals surface area contributed by atoms with E-state index in [1.54, 1.807) is 24.1 Å². The van der Waals surface area contributed by atoms with Gasteiger partial charge in [0.15, 0.2) is 0 Å². The third-order valence-corrected chi connectivity index (χ3v) is 3.73. The highest BCUT2D eigenvalue weighted by Crippen LogP contribution is 2.21. The average molecular weight is 347 g/mol. The Balaban J connectivity index is 2.78. The van der Waals surface area contributed by atoms with Gasteiger partial charge < -0.3 is 10.0 Å². The highest BCUT2D eigenvalue weighted by atomic mass is 127. The van der Waals surface area contributed by atoms with Crippen LogP contribution in [0.15, 0.2) is 18.2 Å². The highest BCUT2D eigenvalue weighted by molar-refractivity contribution is 14.1. The van der Waals surface area contributed by atoms with Gasteiger partial charge in [-0.2, -0.15) is 0 Å². The smallest absolute Gasteiger partial charge is 0.253 e. The van der Waals surface area contributed by atoms with Crippen molar-refractivity contribution >= 4 is 28.5 Å². The molecule has 0 spiro atoms. The molecule has 0 fully saturated rings. The third-order valence-electron chi connectivity index (χ3n) is 2.82. The maximum atomic E-state index is 12.1. The molecule has 0 bridgehead atoms. The molecule has 0 saturated carbocycles. The number of phenols is 1. The molecule has 1 amide bonds. The van der Waals surface area contributed by atoms with Crippen molar-refractivity contribution in [3.63, 3.8) is 0 Å². The van der Waals surface area contributed by atoms with Crippen molar-refractivity contribution in [3.05, 3.63) is 27.3 Å². The number of carbonyl (C=O) groups excluding carboxylic acids is 1. The lowest BCUT2D eigenvalue weighted by atomic mass is 10.1. The lowest BCUT2D eigenvalue weighted by Crippen LogP contribution is -2.30. The van der Waals surface area contributed by atoms with Crippen LogP contribution in [0.4, 0.5) is 0 Å². The van der Waals surface area contributed by atoms with Crippen LogP contribution in [-0.4, -0.2) is 29.5 Å². The molecule has 4 heteroatoms. The van der Waals surface area contributed by atoms with Crippen LogP contribution in [0.2, 0.25) is 0 Å². The molecule has 1 aromatic carbocycles. The van der Waals surface area contributed by atoms with E-state index >= 15 is 0 Å². The van der Waals surface area contributed by atoms with Gasteiger partial charge in [-0.15, -0.1) is 0 Å². The minimum Gasteiger partial charge on any atom is -0.507 e. The quantitative estimate of drug-likeness (QED) is 0.851. The Bertz CT molecular complexity index is 406. The second-order valence-electron chi connectivity index (χ2n) is 4.37. The first-order valence-electron chi connectivity index (χ1n) is 5.69. The zero-order valence-electron chi connectivity index (χ0n) is 10.4. The normalized spacial score (nSPS) is 12.2. The number of carbonyl (C=O) groups is 1. The highest BCUT2D eigenvalue weighted by Gasteiger charge is 2.14. The summed E-state index contributed by atoms with van der Waals surface area (Å²) in [5.74, 6) is 0.604. The Kier molecular flexibility index (Phi) is 5.24. The molecule has 0 aliphatic rings. The molecule has 0 heterocycles. The van der Waals surface area contributed by atoms with E-state index in [9.17, 15) is 9.90 Å². The molecule has 1 N–H and O–H groups in total. The zero-order chi connectivity index (χ0) is 13.0. The van der Waals surface area contributed by atoms with E-state index in [1.165, 1.54) is 6.07 Å². The van der Waals surface area contributed by atoms with Crippen molar-refractivity contribution in [3.8, 4) is 5.75 Å². The number of hydrogen-bond donors (Lipinski definition) is 1. The molecular formula is C13H18INO2. The van der Waals surface area contributed by atoms with Crippen LogP contribution < -0.4 is 0 Å². The molecule has 0 radical (unpaired) electrons. The van der Waals surface area contributed by atoms with Crippen LogP contribution in [0.1, 0.15) is 30.6 Å². The van der Waals surface area contributed by atoms with E-state index in [1.807, 2.05) is 22.6 Å². The standard InChI is InChI=1S/C13H18INO2/c1-4-9(2)8-15(3)13(17)10-5-6-11(14)12(16)7-10/h5-7,9,16H,4,8H2,1-3H3. The molecule has 1 rings (SSSR count). The van der Waals surface area contributed by atoms with Crippen molar-refractivity contribution < 1.29 is 9.90 Å². The average Bonchev–Trinajstić information content (AvgIpc) is 2.31. The van der Waals surface area contributed by atoms with Gasteiger partial charge in [-0.3, -0.25) is 4.79 Å². The van der Waals surface area contributed by atoms with Gasteiger partial charge >= 0.3 is 0 Å². The predicted molar refractivity (Wildman–Crippen MR) is 77.2 cm³/mol. The number of aromatic hydroxyl groups is 1. The van der Waals surface area contributed by atoms with Crippen molar-refractivity contribution in [2.45, 2.75) is 20.3 Å². The van der Waals surface area contributed by atoms with Crippen LogP contribution in [0.5, 0.6) is 5.75 Å². The summed E-state index contributed by atoms with van der Waals surface area (Å²) in [7, 11) is 1.80. The first-order valence-corrected chi connectivity index (χ1v) is 6.77. The van der Waals surface area contributed by atoms with Crippen LogP contribution in [-0.2, 0) is 0 Å². The van der Waals surface area contributed by atoms with E-state index in [0.717, 1.165) is 16.5 Å². The van der Waals surface area contributed by atoms with Gasteiger partial charge in [0.05, 0.1) is 3.57 Å². The van der Waals surface area contributed by atoms with Crippen molar-refractivity contribution in [1.82, 2.24) is 4.90 Å². The molecule has 0 aliphatic carbocycles. The summed E-state index contributed by atoms with van der Waals surface area (Å²) < 4.78 is 0.753. The number of rotatable bonds is 4. The Morgan fingerprint density at radius 1 is 1.53 bits per heavy atom. The Labute approximate surface area is 116 Å². The molecule has 0 aliphatic heterocycles. The fourth-order valence-corrected chi connectivity index (χ4v) is 1.88. The second-order valence-corrected chi connectivity index (χ2v) is 5.53. The van der Waals surface area contributed by atoms with Gasteiger partial charge in [-0.05, 0) is 46.7 Å². The Hall–Kier alpha value is -0.780. The van der Waals surface area contributed by atoms with E-state index < -0.39 is 0 Å². The van der Waals surface area contributed by atoms with Gasteiger partial charge in [0.1, 0.15) is 5.75 Å². The van der Waals surface area contributed by atoms with Gasteiger partial charge in [-0.1, -0.05) is 20.3 Å². The monoisotopic (exact) mass is 347 g/mol. The number of benzene rings is 1. The molecule has 3 nitrogen and oxygen atoms in total. The van der Waals surface area contributed by atoms with E-state index in [0.29, 0.717) is 11.5 Å². The Morgan fingerprint density at radius 2 is 2.18 bits per heavy atom. The lowest BCUT2D eigenvalue weighted by Gasteiger charge is -2.21. The van der Waals surface area contributed by atoms with Gasteiger partial charge in [0.2, 0.25) is 0 Å². The number of phenolic OH excluding ortho intramolecular Hbond substituents is 1. The number of hydrogen-bond acceptors (Lipinski definition) is 2. The van der Waals surface area contributed by atoms with Crippen molar-refractivity contribution in [1.29, 1.82) is 0 Å². The number of halogens is 1. The maximum Gasteiger partial charge on any atom is 0.253 e. The van der Waals surface area contributed by atoms with Gasteiger partial charge in [-0.25, -0.2) is 0 Å². The summed E-state index contributed by atoms with van der Waals surface area (Å²) in [5, 5.41) is 9.58. The van der Waals surface area contributed by atoms with E-state index in [4.69, 9.17) is 0 Å². The minimum absolute atomic E-state index is 0.0444. The second kappa shape index (κ2) is 6.23. The molecule has 0 saturated heterocycles. The van der Waals surface area contributed by atoms with E-state index in [2.05, 4.69) is 13.8 Å². The molecular weight excluding hydrogens is 329 g/mol. The van der Waals surface area contributed by atoms with Crippen LogP contribution >= 0.6 is 22.6 Å². The first-order chi connectivity index (χ1) is 7.95. The third kappa shape index (κ3) is 3.87. The Morgan fingerprint density at radius 3 is 2.71 bits per heavy atom. The van der Waals surface area contributed by atoms with Crippen LogP contribution in [0.25, 0.3) is 0 Å². The summed E-state index contributed by atoms with van der Waals surface area (Å²) in [5.41, 5.74) is 0.536. The van der Waals surface area contributed by atoms with Crippen molar-refractivity contribution in [2.75, 3.05) is 13.6 Å². The summed E-state index contributed by atoms with van der Waals surface area (Å²) >= 11 is 2.03. The summed E-state index contributed by atoms with van der Waals surface area (Å²) in [6.45, 7) is 4.97. The van der Waals surface area contributed by atoms with E-state index in [-0.39, 0.29) is 11.7 Å². The molecule has 0 aromatic heterocycles. The fourth-order valence-electron chi connectivity index (χ4n) is 1.55. The summed E-state index contributed by atoms with van der Waals surface area (Å²) in [6, 6.07) is 5.02. The van der Waals surface area contributed by atoms with Crippen LogP contribution in [0.3, 0.4) is 0 Å². The lowest BCUT2D eigenvalue weighted by molar-refractivity contribution is 0.0774. The molecule has 94 valence electrons. The summed E-state index contributed by atoms with van der Waals surface area (Å²) in [6.07, 6.45) is 1.05. The van der Waals surface area contributed by atoms with Gasteiger partial charge in [0.25, 0.3) is 5.91 Å². The predicted octanol–water partition coefficient (Wildman–Crippen LogP) is 3.11. The number of nitrogens with zero attached hydrogens (tertiary/aromatic N) is 1. The SMILES string of the molecule is CCC(C)CN(C)C(=O)c1ccc(I)c(O)c1. The molecule has 1 aromatic rings.